The molecule has 1 fully saturated rings. The number of hydrogen-bond acceptors (Lipinski definition) is 2. The first-order valence-corrected chi connectivity index (χ1v) is 9.10. The highest BCUT2D eigenvalue weighted by molar-refractivity contribution is 5.86. The molecule has 1 heterocycles. The third-order valence-corrected chi connectivity index (χ3v) is 5.70. The van der Waals surface area contributed by atoms with Crippen LogP contribution in [0, 0.1) is 0 Å². The fourth-order valence-electron chi connectivity index (χ4n) is 4.02. The normalized spacial score (nSPS) is 18.1. The van der Waals surface area contributed by atoms with E-state index in [9.17, 15) is 5.11 Å². The fraction of sp³-hybridized carbons (Fsp3) is 0.524. The summed E-state index contributed by atoms with van der Waals surface area (Å²) in [4.78, 5) is 2.58. The van der Waals surface area contributed by atoms with Gasteiger partial charge in [0.25, 0.3) is 0 Å². The summed E-state index contributed by atoms with van der Waals surface area (Å²) in [7, 11) is 0. The Morgan fingerprint density at radius 1 is 1.00 bits per heavy atom. The minimum atomic E-state index is -0.127. The van der Waals surface area contributed by atoms with Crippen molar-refractivity contribution < 1.29 is 5.11 Å². The molecule has 1 unspecified atom stereocenters. The van der Waals surface area contributed by atoms with Crippen molar-refractivity contribution in [2.45, 2.75) is 44.4 Å². The lowest BCUT2D eigenvalue weighted by Gasteiger charge is -2.36. The van der Waals surface area contributed by atoms with Gasteiger partial charge in [-0.25, -0.2) is 0 Å². The Kier molecular flexibility index (Phi) is 7.09. The predicted octanol–water partition coefficient (Wildman–Crippen LogP) is 4.78. The molecule has 2 aromatic rings. The Labute approximate surface area is 152 Å². The van der Waals surface area contributed by atoms with E-state index in [0.29, 0.717) is 0 Å². The number of nitrogens with zero attached hydrogens (tertiary/aromatic N) is 1. The van der Waals surface area contributed by atoms with Gasteiger partial charge in [0.15, 0.2) is 0 Å². The van der Waals surface area contributed by atoms with Gasteiger partial charge in [0.2, 0.25) is 0 Å². The lowest BCUT2D eigenvalue weighted by Crippen LogP contribution is -2.38. The van der Waals surface area contributed by atoms with Crippen molar-refractivity contribution in [1.29, 1.82) is 0 Å². The van der Waals surface area contributed by atoms with Crippen LogP contribution < -0.4 is 0 Å². The van der Waals surface area contributed by atoms with Crippen LogP contribution in [0.4, 0.5) is 0 Å². The summed E-state index contributed by atoms with van der Waals surface area (Å²) in [6, 6.07) is 15.1. The van der Waals surface area contributed by atoms with Gasteiger partial charge in [-0.3, -0.25) is 0 Å². The molecule has 132 valence electrons. The predicted molar refractivity (Wildman–Crippen MR) is 105 cm³/mol. The topological polar surface area (TPSA) is 23.5 Å². The number of piperidine rings is 1. The summed E-state index contributed by atoms with van der Waals surface area (Å²) in [5, 5.41) is 12.9. The van der Waals surface area contributed by atoms with Gasteiger partial charge in [-0.05, 0) is 61.7 Å². The molecule has 0 radical (unpaired) electrons. The fourth-order valence-corrected chi connectivity index (χ4v) is 4.02. The molecule has 2 nitrogen and oxygen atoms in total. The van der Waals surface area contributed by atoms with E-state index in [-0.39, 0.29) is 24.4 Å². The molecule has 0 spiro atoms. The first kappa shape index (κ1) is 19.2. The van der Waals surface area contributed by atoms with E-state index >= 15 is 0 Å². The van der Waals surface area contributed by atoms with Crippen molar-refractivity contribution in [2.24, 2.45) is 0 Å². The van der Waals surface area contributed by atoms with Crippen LogP contribution in [-0.2, 0) is 5.41 Å². The average Bonchev–Trinajstić information content (AvgIpc) is 2.64. The number of aliphatic hydroxyl groups excluding tert-OH is 1. The Balaban J connectivity index is 0.00000208. The number of rotatable bonds is 6. The highest BCUT2D eigenvalue weighted by Gasteiger charge is 2.31. The molecule has 0 aromatic heterocycles. The Morgan fingerprint density at radius 2 is 1.71 bits per heavy atom. The van der Waals surface area contributed by atoms with Crippen LogP contribution in [0.25, 0.3) is 10.8 Å². The Bertz CT molecular complexity index is 627. The third-order valence-electron chi connectivity index (χ3n) is 5.70. The van der Waals surface area contributed by atoms with E-state index < -0.39 is 0 Å². The monoisotopic (exact) mass is 347 g/mol. The molecule has 3 heteroatoms. The molecule has 0 amide bonds. The summed E-state index contributed by atoms with van der Waals surface area (Å²) in [5.41, 5.74) is 1.19. The van der Waals surface area contributed by atoms with E-state index in [1.165, 1.54) is 48.7 Å². The van der Waals surface area contributed by atoms with Gasteiger partial charge in [0.1, 0.15) is 0 Å². The van der Waals surface area contributed by atoms with Gasteiger partial charge >= 0.3 is 0 Å². The van der Waals surface area contributed by atoms with Crippen LogP contribution in [-0.4, -0.2) is 36.2 Å². The summed E-state index contributed by atoms with van der Waals surface area (Å²) >= 11 is 0. The van der Waals surface area contributed by atoms with Crippen LogP contribution in [0.3, 0.4) is 0 Å². The van der Waals surface area contributed by atoms with E-state index in [1.54, 1.807) is 0 Å². The van der Waals surface area contributed by atoms with E-state index in [4.69, 9.17) is 0 Å². The van der Waals surface area contributed by atoms with E-state index in [1.807, 2.05) is 0 Å². The van der Waals surface area contributed by atoms with Crippen molar-refractivity contribution >= 4 is 23.2 Å². The van der Waals surface area contributed by atoms with Gasteiger partial charge < -0.3 is 10.0 Å². The summed E-state index contributed by atoms with van der Waals surface area (Å²) in [5.74, 6) is 0. The maximum Gasteiger partial charge on any atom is 0.0528 e. The van der Waals surface area contributed by atoms with Crippen LogP contribution in [0.15, 0.2) is 42.5 Å². The maximum atomic E-state index is 10.3. The SMILES string of the molecule is CCC(CO)(CCN1CCCCC1)c1cccc2ccccc12.Cl. The first-order chi connectivity index (χ1) is 11.3. The molecule has 1 aliphatic heterocycles. The van der Waals surface area contributed by atoms with Crippen molar-refractivity contribution in [3.8, 4) is 0 Å². The highest BCUT2D eigenvalue weighted by Crippen LogP contribution is 2.36. The quantitative estimate of drug-likeness (QED) is 0.813. The minimum absolute atomic E-state index is 0. The highest BCUT2D eigenvalue weighted by atomic mass is 35.5. The molecule has 1 aliphatic rings. The molecule has 0 bridgehead atoms. The minimum Gasteiger partial charge on any atom is -0.395 e. The molecule has 3 rings (SSSR count). The second-order valence-corrected chi connectivity index (χ2v) is 6.97. The van der Waals surface area contributed by atoms with Gasteiger partial charge in [-0.1, -0.05) is 55.8 Å². The smallest absolute Gasteiger partial charge is 0.0528 e. The Morgan fingerprint density at radius 3 is 2.42 bits per heavy atom. The molecular formula is C21H30ClNO. The second kappa shape index (κ2) is 8.84. The standard InChI is InChI=1S/C21H29NO.ClH/c1-2-21(17-23,13-16-22-14-6-3-7-15-22)20-12-8-10-18-9-4-5-11-19(18)20;/h4-5,8-12,23H,2-3,6-7,13-17H2,1H3;1H. The zero-order valence-electron chi connectivity index (χ0n) is 14.7. The van der Waals surface area contributed by atoms with E-state index in [0.717, 1.165) is 19.4 Å². The van der Waals surface area contributed by atoms with Gasteiger partial charge in [0.05, 0.1) is 6.61 Å². The molecule has 24 heavy (non-hydrogen) atoms. The molecule has 2 aromatic carbocycles. The van der Waals surface area contributed by atoms with Crippen molar-refractivity contribution in [2.75, 3.05) is 26.2 Å². The molecule has 1 atom stereocenters. The average molecular weight is 348 g/mol. The lowest BCUT2D eigenvalue weighted by atomic mass is 9.74. The number of hydrogen-bond donors (Lipinski definition) is 1. The molecule has 0 aliphatic carbocycles. The van der Waals surface area contributed by atoms with Gasteiger partial charge in [-0.15, -0.1) is 12.4 Å². The zero-order chi connectivity index (χ0) is 16.1. The number of likely N-dealkylation sites (tertiary alicyclic amines) is 1. The first-order valence-electron chi connectivity index (χ1n) is 9.10. The largest absolute Gasteiger partial charge is 0.395 e. The Hall–Kier alpha value is -1.09. The maximum absolute atomic E-state index is 10.3. The van der Waals surface area contributed by atoms with Crippen LogP contribution in [0.2, 0.25) is 0 Å². The molecular weight excluding hydrogens is 318 g/mol. The lowest BCUT2D eigenvalue weighted by molar-refractivity contribution is 0.147. The van der Waals surface area contributed by atoms with Crippen molar-refractivity contribution in [1.82, 2.24) is 4.90 Å². The number of benzene rings is 2. The van der Waals surface area contributed by atoms with Crippen LogP contribution in [0.1, 0.15) is 44.6 Å². The zero-order valence-corrected chi connectivity index (χ0v) is 15.5. The van der Waals surface area contributed by atoms with Crippen LogP contribution >= 0.6 is 12.4 Å². The molecule has 0 saturated carbocycles. The van der Waals surface area contributed by atoms with E-state index in [2.05, 4.69) is 54.3 Å². The summed E-state index contributed by atoms with van der Waals surface area (Å²) in [6.07, 6.45) is 6.04. The number of aliphatic hydroxyl groups is 1. The van der Waals surface area contributed by atoms with Crippen molar-refractivity contribution in [3.05, 3.63) is 48.0 Å². The molecule has 1 saturated heterocycles. The second-order valence-electron chi connectivity index (χ2n) is 6.97. The summed E-state index contributed by atoms with van der Waals surface area (Å²) in [6.45, 7) is 5.98. The number of fused-ring (bicyclic) bond motifs is 1. The number of halogens is 1. The third kappa shape index (κ3) is 3.93. The van der Waals surface area contributed by atoms with Gasteiger partial charge in [-0.2, -0.15) is 0 Å². The van der Waals surface area contributed by atoms with Crippen LogP contribution in [0.5, 0.6) is 0 Å². The van der Waals surface area contributed by atoms with Gasteiger partial charge in [0, 0.05) is 5.41 Å². The summed E-state index contributed by atoms with van der Waals surface area (Å²) < 4.78 is 0. The van der Waals surface area contributed by atoms with Crippen molar-refractivity contribution in [3.63, 3.8) is 0 Å². The molecule has 1 N–H and O–H groups in total.